The van der Waals surface area contributed by atoms with Gasteiger partial charge in [0.2, 0.25) is 15.9 Å². The summed E-state index contributed by atoms with van der Waals surface area (Å²) in [6.45, 7) is 5.46. The molecule has 0 aliphatic rings. The van der Waals surface area contributed by atoms with Crippen molar-refractivity contribution >= 4 is 21.6 Å². The first kappa shape index (κ1) is 22.7. The van der Waals surface area contributed by atoms with Crippen LogP contribution in [-0.4, -0.2) is 32.3 Å². The monoisotopic (exact) mass is 441 g/mol. The van der Waals surface area contributed by atoms with Crippen LogP contribution in [0.15, 0.2) is 82.3 Å². The first-order chi connectivity index (χ1) is 14.9. The predicted octanol–water partition coefficient (Wildman–Crippen LogP) is 3.78. The maximum Gasteiger partial charge on any atom is 0.246 e. The van der Waals surface area contributed by atoms with Gasteiger partial charge in [0.15, 0.2) is 0 Å². The zero-order chi connectivity index (χ0) is 22.3. The highest BCUT2D eigenvalue weighted by atomic mass is 32.2. The van der Waals surface area contributed by atoms with Crippen LogP contribution in [0.2, 0.25) is 0 Å². The van der Waals surface area contributed by atoms with Gasteiger partial charge in [-0.15, -0.1) is 0 Å². The lowest BCUT2D eigenvalue weighted by atomic mass is 10.0. The van der Waals surface area contributed by atoms with Gasteiger partial charge in [-0.1, -0.05) is 50.2 Å². The van der Waals surface area contributed by atoms with Crippen LogP contribution < -0.4 is 10.0 Å². The van der Waals surface area contributed by atoms with E-state index >= 15 is 0 Å². The fraction of sp³-hybridized carbons (Fsp3) is 0.261. The molecule has 2 aromatic carbocycles. The van der Waals surface area contributed by atoms with Gasteiger partial charge in [-0.05, 0) is 49.0 Å². The van der Waals surface area contributed by atoms with Crippen molar-refractivity contribution < 1.29 is 17.6 Å². The highest BCUT2D eigenvalue weighted by molar-refractivity contribution is 7.89. The van der Waals surface area contributed by atoms with E-state index in [1.54, 1.807) is 24.3 Å². The first-order valence-electron chi connectivity index (χ1n) is 10.2. The number of nitrogens with one attached hydrogen (secondary N) is 2. The smallest absolute Gasteiger partial charge is 0.246 e. The maximum atomic E-state index is 13.2. The summed E-state index contributed by atoms with van der Waals surface area (Å²) in [6.07, 6.45) is 1.48. The van der Waals surface area contributed by atoms with Gasteiger partial charge in [-0.3, -0.25) is 9.69 Å². The van der Waals surface area contributed by atoms with E-state index in [9.17, 15) is 13.2 Å². The van der Waals surface area contributed by atoms with Crippen molar-refractivity contribution in [3.05, 3.63) is 84.3 Å². The van der Waals surface area contributed by atoms with Gasteiger partial charge in [0.25, 0.3) is 0 Å². The Kier molecular flexibility index (Phi) is 7.62. The zero-order valence-electron chi connectivity index (χ0n) is 17.6. The third kappa shape index (κ3) is 5.81. The van der Waals surface area contributed by atoms with Gasteiger partial charge in [0, 0.05) is 5.69 Å². The lowest BCUT2D eigenvalue weighted by Gasteiger charge is -2.29. The zero-order valence-corrected chi connectivity index (χ0v) is 18.4. The summed E-state index contributed by atoms with van der Waals surface area (Å²) >= 11 is 0. The summed E-state index contributed by atoms with van der Waals surface area (Å²) < 4.78 is 33.0. The molecule has 2 N–H and O–H groups in total. The van der Waals surface area contributed by atoms with Crippen LogP contribution in [0.25, 0.3) is 0 Å². The van der Waals surface area contributed by atoms with Crippen LogP contribution in [0.3, 0.4) is 0 Å². The van der Waals surface area contributed by atoms with Crippen molar-refractivity contribution in [2.75, 3.05) is 18.4 Å². The Labute approximate surface area is 183 Å². The van der Waals surface area contributed by atoms with Gasteiger partial charge in [0.1, 0.15) is 11.8 Å². The number of carbonyl (C=O) groups excluding carboxylic acids is 1. The van der Waals surface area contributed by atoms with Crippen molar-refractivity contribution in [3.8, 4) is 0 Å². The number of nitrogens with zero attached hydrogens (tertiary/aromatic N) is 1. The van der Waals surface area contributed by atoms with Crippen molar-refractivity contribution in [3.63, 3.8) is 0 Å². The number of benzene rings is 2. The molecule has 0 bridgehead atoms. The van der Waals surface area contributed by atoms with Gasteiger partial charge in [-0.2, -0.15) is 0 Å². The molecule has 1 amide bonds. The molecular weight excluding hydrogens is 414 g/mol. The van der Waals surface area contributed by atoms with E-state index in [0.29, 0.717) is 24.5 Å². The number of hydrogen-bond donors (Lipinski definition) is 2. The number of amides is 1. The molecule has 1 atom stereocenters. The van der Waals surface area contributed by atoms with Crippen LogP contribution in [0.5, 0.6) is 0 Å². The van der Waals surface area contributed by atoms with Crippen molar-refractivity contribution in [2.45, 2.75) is 31.3 Å². The molecule has 31 heavy (non-hydrogen) atoms. The molecule has 0 fully saturated rings. The Morgan fingerprint density at radius 3 is 2.39 bits per heavy atom. The third-order valence-corrected chi connectivity index (χ3v) is 6.37. The summed E-state index contributed by atoms with van der Waals surface area (Å²) in [5, 5.41) is 2.88. The Balaban J connectivity index is 1.79. The van der Waals surface area contributed by atoms with Crippen LogP contribution in [0.1, 0.15) is 31.2 Å². The van der Waals surface area contributed by atoms with Crippen molar-refractivity contribution in [1.82, 2.24) is 9.62 Å². The van der Waals surface area contributed by atoms with Crippen molar-refractivity contribution in [1.29, 1.82) is 0 Å². The number of carbonyl (C=O) groups is 1. The number of rotatable bonds is 10. The standard InChI is InChI=1S/C23H27N3O4S/c1-3-26(4-2)22(18-10-6-5-7-11-18)23(27)25-19-12-8-14-21(16-19)31(28,29)24-17-20-13-9-15-30-20/h5-16,22,24H,3-4,17H2,1-2H3,(H,25,27). The van der Waals surface area contributed by atoms with Crippen LogP contribution in [0, 0.1) is 0 Å². The topological polar surface area (TPSA) is 91.7 Å². The second-order valence-electron chi connectivity index (χ2n) is 6.96. The van der Waals surface area contributed by atoms with Crippen molar-refractivity contribution in [2.24, 2.45) is 0 Å². The molecule has 0 aliphatic heterocycles. The number of likely N-dealkylation sites (N-methyl/N-ethyl adjacent to an activating group) is 1. The van der Waals surface area contributed by atoms with E-state index in [1.165, 1.54) is 18.4 Å². The van der Waals surface area contributed by atoms with E-state index in [4.69, 9.17) is 4.42 Å². The van der Waals surface area contributed by atoms with E-state index in [1.807, 2.05) is 44.2 Å². The highest BCUT2D eigenvalue weighted by Crippen LogP contribution is 2.23. The van der Waals surface area contributed by atoms with Crippen LogP contribution in [-0.2, 0) is 21.4 Å². The molecule has 164 valence electrons. The molecule has 1 unspecified atom stereocenters. The molecule has 3 rings (SSSR count). The molecule has 1 heterocycles. The van der Waals surface area contributed by atoms with Gasteiger partial charge in [0.05, 0.1) is 17.7 Å². The largest absolute Gasteiger partial charge is 0.468 e. The predicted molar refractivity (Wildman–Crippen MR) is 120 cm³/mol. The summed E-state index contributed by atoms with van der Waals surface area (Å²) in [5.74, 6) is 0.297. The number of anilines is 1. The van der Waals surface area contributed by atoms with E-state index < -0.39 is 16.1 Å². The first-order valence-corrected chi connectivity index (χ1v) is 11.6. The third-order valence-electron chi connectivity index (χ3n) is 4.97. The summed E-state index contributed by atoms with van der Waals surface area (Å²) in [4.78, 5) is 15.3. The SMILES string of the molecule is CCN(CC)C(C(=O)Nc1cccc(S(=O)(=O)NCc2ccco2)c1)c1ccccc1. The molecule has 0 spiro atoms. The molecule has 1 aromatic heterocycles. The molecule has 8 heteroatoms. The molecule has 7 nitrogen and oxygen atoms in total. The highest BCUT2D eigenvalue weighted by Gasteiger charge is 2.26. The van der Waals surface area contributed by atoms with Crippen LogP contribution >= 0.6 is 0 Å². The molecule has 0 aliphatic carbocycles. The summed E-state index contributed by atoms with van der Waals surface area (Å²) in [7, 11) is -3.76. The molecule has 0 saturated carbocycles. The normalized spacial score (nSPS) is 12.6. The van der Waals surface area contributed by atoms with E-state index in [2.05, 4.69) is 14.9 Å². The second kappa shape index (κ2) is 10.4. The van der Waals surface area contributed by atoms with Gasteiger partial charge in [-0.25, -0.2) is 13.1 Å². The fourth-order valence-corrected chi connectivity index (χ4v) is 4.41. The molecule has 3 aromatic rings. The number of furan rings is 1. The number of hydrogen-bond acceptors (Lipinski definition) is 5. The van der Waals surface area contributed by atoms with Gasteiger partial charge >= 0.3 is 0 Å². The quantitative estimate of drug-likeness (QED) is 0.500. The average molecular weight is 442 g/mol. The van der Waals surface area contributed by atoms with Gasteiger partial charge < -0.3 is 9.73 Å². The minimum Gasteiger partial charge on any atom is -0.468 e. The molecular formula is C23H27N3O4S. The molecule has 0 saturated heterocycles. The Morgan fingerprint density at radius 2 is 1.74 bits per heavy atom. The lowest BCUT2D eigenvalue weighted by molar-refractivity contribution is -0.121. The molecule has 0 radical (unpaired) electrons. The van der Waals surface area contributed by atoms with E-state index in [-0.39, 0.29) is 17.3 Å². The number of sulfonamides is 1. The lowest BCUT2D eigenvalue weighted by Crippen LogP contribution is -2.37. The summed E-state index contributed by atoms with van der Waals surface area (Å²) in [6, 6.07) is 18.7. The minimum atomic E-state index is -3.76. The maximum absolute atomic E-state index is 13.2. The van der Waals surface area contributed by atoms with E-state index in [0.717, 1.165) is 5.56 Å². The second-order valence-corrected chi connectivity index (χ2v) is 8.72. The fourth-order valence-electron chi connectivity index (χ4n) is 3.37. The minimum absolute atomic E-state index is 0.0456. The Bertz CT molecular complexity index is 1080. The summed E-state index contributed by atoms with van der Waals surface area (Å²) in [5.41, 5.74) is 1.30. The Hall–Kier alpha value is -2.94. The van der Waals surface area contributed by atoms with Crippen LogP contribution in [0.4, 0.5) is 5.69 Å². The Morgan fingerprint density at radius 1 is 1.00 bits per heavy atom. The average Bonchev–Trinajstić information content (AvgIpc) is 3.30.